The Labute approximate surface area is 177 Å². The van der Waals surface area contributed by atoms with E-state index < -0.39 is 0 Å². The normalized spacial score (nSPS) is 23.6. The molecule has 1 amide bonds. The lowest BCUT2D eigenvalue weighted by Gasteiger charge is -2.36. The number of fused-ring (bicyclic) bond motifs is 3. The minimum Gasteiger partial charge on any atom is -0.495 e. The standard InChI is InChI=1S/C25H29N3O2/c1-27-18-12-13-19(27)15-17(14-18)26-25(29)22-20-10-7-11-21(30-3)24(20)28(2)23(22)16-8-5-4-6-9-16/h4-11,17-19H,12-15H2,1-3H3,(H,26,29)/t17?,18-,19+. The van der Waals surface area contributed by atoms with Crippen molar-refractivity contribution in [3.05, 3.63) is 54.1 Å². The van der Waals surface area contributed by atoms with Gasteiger partial charge >= 0.3 is 0 Å². The molecule has 5 rings (SSSR count). The Morgan fingerprint density at radius 1 is 1.00 bits per heavy atom. The van der Waals surface area contributed by atoms with Crippen LogP contribution in [0, 0.1) is 0 Å². The van der Waals surface area contributed by atoms with Gasteiger partial charge in [-0.25, -0.2) is 0 Å². The zero-order valence-electron chi connectivity index (χ0n) is 17.9. The summed E-state index contributed by atoms with van der Waals surface area (Å²) in [6.07, 6.45) is 4.56. The van der Waals surface area contributed by atoms with Crippen LogP contribution in [0.15, 0.2) is 48.5 Å². The second-order valence-electron chi connectivity index (χ2n) is 8.70. The molecule has 3 heterocycles. The topological polar surface area (TPSA) is 46.5 Å². The third-order valence-corrected chi connectivity index (χ3v) is 7.10. The summed E-state index contributed by atoms with van der Waals surface area (Å²) >= 11 is 0. The molecule has 5 nitrogen and oxygen atoms in total. The number of carbonyl (C=O) groups excluding carboxylic acids is 1. The van der Waals surface area contributed by atoms with Gasteiger partial charge in [0.25, 0.3) is 5.91 Å². The van der Waals surface area contributed by atoms with Gasteiger partial charge in [-0.15, -0.1) is 0 Å². The average molecular weight is 404 g/mol. The van der Waals surface area contributed by atoms with Gasteiger partial charge in [0.05, 0.1) is 23.9 Å². The molecule has 0 aliphatic carbocycles. The first kappa shape index (κ1) is 19.2. The number of aryl methyl sites for hydroxylation is 1. The molecule has 156 valence electrons. The van der Waals surface area contributed by atoms with Crippen molar-refractivity contribution in [1.29, 1.82) is 0 Å². The molecule has 2 aliphatic heterocycles. The first-order valence-electron chi connectivity index (χ1n) is 10.8. The number of carbonyl (C=O) groups is 1. The van der Waals surface area contributed by atoms with Gasteiger partial charge in [0.2, 0.25) is 0 Å². The number of piperidine rings is 1. The van der Waals surface area contributed by atoms with E-state index in [-0.39, 0.29) is 11.9 Å². The molecule has 30 heavy (non-hydrogen) atoms. The van der Waals surface area contributed by atoms with Crippen LogP contribution in [0.2, 0.25) is 0 Å². The predicted octanol–water partition coefficient (Wildman–Crippen LogP) is 4.21. The second-order valence-corrected chi connectivity index (χ2v) is 8.70. The number of amides is 1. The van der Waals surface area contributed by atoms with E-state index in [1.54, 1.807) is 7.11 Å². The highest BCUT2D eigenvalue weighted by atomic mass is 16.5. The number of rotatable bonds is 4. The third-order valence-electron chi connectivity index (χ3n) is 7.10. The number of ether oxygens (including phenoxy) is 1. The monoisotopic (exact) mass is 403 g/mol. The number of methoxy groups -OCH3 is 1. The van der Waals surface area contributed by atoms with Gasteiger partial charge in [0.1, 0.15) is 5.75 Å². The Bertz CT molecular complexity index is 1070. The molecular formula is C25H29N3O2. The Morgan fingerprint density at radius 2 is 1.70 bits per heavy atom. The quantitative estimate of drug-likeness (QED) is 0.710. The van der Waals surface area contributed by atoms with Crippen LogP contribution in [0.3, 0.4) is 0 Å². The van der Waals surface area contributed by atoms with Crippen LogP contribution in [0.4, 0.5) is 0 Å². The van der Waals surface area contributed by atoms with Gasteiger partial charge in [0.15, 0.2) is 0 Å². The van der Waals surface area contributed by atoms with Crippen LogP contribution in [0.1, 0.15) is 36.0 Å². The molecule has 0 spiro atoms. The fourth-order valence-corrected chi connectivity index (χ4v) is 5.59. The van der Waals surface area contributed by atoms with Crippen molar-refractivity contribution in [2.75, 3.05) is 14.2 Å². The van der Waals surface area contributed by atoms with Crippen molar-refractivity contribution < 1.29 is 9.53 Å². The molecule has 5 heteroatoms. The molecule has 1 N–H and O–H groups in total. The molecule has 2 saturated heterocycles. The number of nitrogens with zero attached hydrogens (tertiary/aromatic N) is 2. The highest BCUT2D eigenvalue weighted by Crippen LogP contribution is 2.38. The van der Waals surface area contributed by atoms with E-state index in [9.17, 15) is 4.79 Å². The maximum absolute atomic E-state index is 13.7. The number of hydrogen-bond acceptors (Lipinski definition) is 3. The van der Waals surface area contributed by atoms with Crippen molar-refractivity contribution in [1.82, 2.24) is 14.8 Å². The van der Waals surface area contributed by atoms with Crippen molar-refractivity contribution in [2.24, 2.45) is 7.05 Å². The summed E-state index contributed by atoms with van der Waals surface area (Å²) in [6.45, 7) is 0. The van der Waals surface area contributed by atoms with Gasteiger partial charge in [-0.2, -0.15) is 0 Å². The summed E-state index contributed by atoms with van der Waals surface area (Å²) in [4.78, 5) is 16.2. The minimum atomic E-state index is 0.0154. The lowest BCUT2D eigenvalue weighted by molar-refractivity contribution is 0.0884. The van der Waals surface area contributed by atoms with E-state index in [4.69, 9.17) is 4.74 Å². The van der Waals surface area contributed by atoms with E-state index in [1.165, 1.54) is 12.8 Å². The molecule has 0 saturated carbocycles. The molecule has 3 atom stereocenters. The lowest BCUT2D eigenvalue weighted by atomic mass is 9.97. The van der Waals surface area contributed by atoms with Gasteiger partial charge in [-0.1, -0.05) is 42.5 Å². The summed E-state index contributed by atoms with van der Waals surface area (Å²) in [5.74, 6) is 0.797. The van der Waals surface area contributed by atoms with E-state index in [0.717, 1.165) is 46.3 Å². The Morgan fingerprint density at radius 3 is 2.37 bits per heavy atom. The highest BCUT2D eigenvalue weighted by molar-refractivity contribution is 6.14. The van der Waals surface area contributed by atoms with Crippen LogP contribution < -0.4 is 10.1 Å². The van der Waals surface area contributed by atoms with Crippen molar-refractivity contribution in [3.8, 4) is 17.0 Å². The molecule has 2 aliphatic rings. The highest BCUT2D eigenvalue weighted by Gasteiger charge is 2.39. The van der Waals surface area contributed by atoms with Gasteiger partial charge in [0, 0.05) is 30.6 Å². The smallest absolute Gasteiger partial charge is 0.254 e. The maximum Gasteiger partial charge on any atom is 0.254 e. The molecule has 1 unspecified atom stereocenters. The lowest BCUT2D eigenvalue weighted by Crippen LogP contribution is -2.48. The Kier molecular flexibility index (Phi) is 4.78. The number of nitrogens with one attached hydrogen (secondary N) is 1. The molecule has 0 radical (unpaired) electrons. The zero-order valence-corrected chi connectivity index (χ0v) is 17.9. The SMILES string of the molecule is COc1cccc2c(C(=O)NC3C[C@H]4CC[C@@H](C3)N4C)c(-c3ccccc3)n(C)c12. The number of para-hydroxylation sites is 1. The average Bonchev–Trinajstić information content (AvgIpc) is 3.16. The van der Waals surface area contributed by atoms with Crippen LogP contribution in [0.25, 0.3) is 22.2 Å². The zero-order chi connectivity index (χ0) is 20.8. The van der Waals surface area contributed by atoms with Crippen molar-refractivity contribution in [2.45, 2.75) is 43.8 Å². The molecule has 3 aromatic rings. The summed E-state index contributed by atoms with van der Waals surface area (Å²) in [6, 6.07) is 17.5. The predicted molar refractivity (Wildman–Crippen MR) is 120 cm³/mol. The summed E-state index contributed by atoms with van der Waals surface area (Å²) < 4.78 is 7.73. The van der Waals surface area contributed by atoms with Gasteiger partial charge in [-0.3, -0.25) is 4.79 Å². The number of benzene rings is 2. The molecule has 1 aromatic heterocycles. The first-order chi connectivity index (χ1) is 14.6. The van der Waals surface area contributed by atoms with E-state index >= 15 is 0 Å². The summed E-state index contributed by atoms with van der Waals surface area (Å²) in [5.41, 5.74) is 3.66. The first-order valence-corrected chi connectivity index (χ1v) is 10.8. The van der Waals surface area contributed by atoms with Crippen LogP contribution in [-0.4, -0.2) is 47.7 Å². The van der Waals surface area contributed by atoms with Crippen molar-refractivity contribution in [3.63, 3.8) is 0 Å². The van der Waals surface area contributed by atoms with Gasteiger partial charge in [-0.05, 0) is 44.4 Å². The summed E-state index contributed by atoms with van der Waals surface area (Å²) in [7, 11) is 5.92. The Balaban J connectivity index is 1.58. The maximum atomic E-state index is 13.7. The van der Waals surface area contributed by atoms with Crippen molar-refractivity contribution >= 4 is 16.8 Å². The second kappa shape index (κ2) is 7.47. The number of aromatic nitrogens is 1. The molecular weight excluding hydrogens is 374 g/mol. The van der Waals surface area contributed by atoms with Crippen LogP contribution >= 0.6 is 0 Å². The largest absolute Gasteiger partial charge is 0.495 e. The van der Waals surface area contributed by atoms with E-state index in [1.807, 2.05) is 43.4 Å². The fraction of sp³-hybridized carbons (Fsp3) is 0.400. The Hall–Kier alpha value is -2.79. The van der Waals surface area contributed by atoms with Gasteiger partial charge < -0.3 is 19.5 Å². The van der Waals surface area contributed by atoms with Crippen LogP contribution in [-0.2, 0) is 7.05 Å². The molecule has 2 bridgehead atoms. The molecule has 2 fully saturated rings. The minimum absolute atomic E-state index is 0.0154. The van der Waals surface area contributed by atoms with Crippen LogP contribution in [0.5, 0.6) is 5.75 Å². The fourth-order valence-electron chi connectivity index (χ4n) is 5.59. The third kappa shape index (κ3) is 3.00. The molecule has 2 aromatic carbocycles. The number of hydrogen-bond donors (Lipinski definition) is 1. The summed E-state index contributed by atoms with van der Waals surface area (Å²) in [5, 5.41) is 4.32. The van der Waals surface area contributed by atoms with E-state index in [2.05, 4.69) is 34.0 Å². The van der Waals surface area contributed by atoms with E-state index in [0.29, 0.717) is 12.1 Å².